The van der Waals surface area contributed by atoms with Crippen LogP contribution >= 0.6 is 0 Å². The highest BCUT2D eigenvalue weighted by Gasteiger charge is 2.24. The van der Waals surface area contributed by atoms with Crippen LogP contribution in [0.25, 0.3) is 10.4 Å². The van der Waals surface area contributed by atoms with Gasteiger partial charge in [-0.05, 0) is 29.9 Å². The van der Waals surface area contributed by atoms with Crippen LogP contribution in [0.5, 0.6) is 0 Å². The number of amides is 2. The summed E-state index contributed by atoms with van der Waals surface area (Å²) in [6, 6.07) is 9.40. The fourth-order valence-electron chi connectivity index (χ4n) is 2.92. The maximum absolute atomic E-state index is 12.2. The van der Waals surface area contributed by atoms with Gasteiger partial charge in [-0.25, -0.2) is 4.79 Å². The monoisotopic (exact) mass is 359 g/mol. The van der Waals surface area contributed by atoms with Crippen molar-refractivity contribution in [1.82, 2.24) is 10.2 Å². The van der Waals surface area contributed by atoms with E-state index in [-0.39, 0.29) is 24.5 Å². The average Bonchev–Trinajstić information content (AvgIpc) is 2.81. The summed E-state index contributed by atoms with van der Waals surface area (Å²) in [7, 11) is 0. The van der Waals surface area contributed by atoms with Gasteiger partial charge >= 0.3 is 6.09 Å². The molecule has 2 atom stereocenters. The molecule has 8 heteroatoms. The Kier molecular flexibility index (Phi) is 7.76. The molecule has 8 nitrogen and oxygen atoms in total. The standard InChI is InChI=1S/C18H25N5O3/c1-14(11-20-22-19)12-23-10-9-16(7-8-17(23)24)21-18(25)26-13-15-5-3-2-4-6-15/h2-6,14,16H,7-13H2,1H3,(H,21,25). The maximum atomic E-state index is 12.2. The van der Waals surface area contributed by atoms with E-state index in [0.29, 0.717) is 38.9 Å². The van der Waals surface area contributed by atoms with E-state index in [0.717, 1.165) is 5.56 Å². The molecule has 0 aliphatic carbocycles. The van der Waals surface area contributed by atoms with Crippen LogP contribution in [0.15, 0.2) is 35.4 Å². The molecule has 0 saturated carbocycles. The predicted octanol–water partition coefficient (Wildman–Crippen LogP) is 3.24. The summed E-state index contributed by atoms with van der Waals surface area (Å²) in [4.78, 5) is 28.8. The van der Waals surface area contributed by atoms with Crippen LogP contribution in [-0.4, -0.2) is 42.6 Å². The molecule has 26 heavy (non-hydrogen) atoms. The first-order valence-electron chi connectivity index (χ1n) is 8.84. The highest BCUT2D eigenvalue weighted by atomic mass is 16.5. The van der Waals surface area contributed by atoms with Crippen molar-refractivity contribution in [3.05, 3.63) is 46.3 Å². The van der Waals surface area contributed by atoms with Gasteiger partial charge < -0.3 is 15.0 Å². The summed E-state index contributed by atoms with van der Waals surface area (Å²) >= 11 is 0. The highest BCUT2D eigenvalue weighted by molar-refractivity contribution is 5.76. The van der Waals surface area contributed by atoms with Crippen molar-refractivity contribution in [2.45, 2.75) is 38.8 Å². The zero-order chi connectivity index (χ0) is 18.8. The molecule has 140 valence electrons. The van der Waals surface area contributed by atoms with Crippen molar-refractivity contribution in [3.8, 4) is 0 Å². The molecule has 1 aromatic carbocycles. The van der Waals surface area contributed by atoms with E-state index >= 15 is 0 Å². The van der Waals surface area contributed by atoms with Gasteiger partial charge in [-0.3, -0.25) is 4.79 Å². The van der Waals surface area contributed by atoms with E-state index < -0.39 is 6.09 Å². The number of nitrogens with one attached hydrogen (secondary N) is 1. The molecule has 0 spiro atoms. The second kappa shape index (κ2) is 10.3. The van der Waals surface area contributed by atoms with Gasteiger partial charge in [0.05, 0.1) is 0 Å². The third-order valence-corrected chi connectivity index (χ3v) is 4.33. The lowest BCUT2D eigenvalue weighted by Crippen LogP contribution is -2.37. The molecule has 0 aromatic heterocycles. The fourth-order valence-corrected chi connectivity index (χ4v) is 2.92. The minimum atomic E-state index is -0.462. The van der Waals surface area contributed by atoms with E-state index in [4.69, 9.17) is 10.3 Å². The number of hydrogen-bond acceptors (Lipinski definition) is 4. The van der Waals surface area contributed by atoms with E-state index in [1.54, 1.807) is 4.90 Å². The van der Waals surface area contributed by atoms with Crippen LogP contribution in [0.2, 0.25) is 0 Å². The van der Waals surface area contributed by atoms with Crippen molar-refractivity contribution < 1.29 is 14.3 Å². The van der Waals surface area contributed by atoms with Crippen molar-refractivity contribution in [2.75, 3.05) is 19.6 Å². The lowest BCUT2D eigenvalue weighted by Gasteiger charge is -2.24. The summed E-state index contributed by atoms with van der Waals surface area (Å²) in [5, 5.41) is 6.41. The van der Waals surface area contributed by atoms with Gasteiger partial charge in [0.1, 0.15) is 6.61 Å². The van der Waals surface area contributed by atoms with Crippen molar-refractivity contribution in [2.24, 2.45) is 11.0 Å². The topological polar surface area (TPSA) is 107 Å². The smallest absolute Gasteiger partial charge is 0.407 e. The first kappa shape index (κ1) is 19.6. The van der Waals surface area contributed by atoms with Gasteiger partial charge in [-0.15, -0.1) is 0 Å². The Bertz CT molecular complexity index is 645. The van der Waals surface area contributed by atoms with Crippen molar-refractivity contribution >= 4 is 12.0 Å². The average molecular weight is 359 g/mol. The second-order valence-electron chi connectivity index (χ2n) is 6.59. The number of carbonyl (C=O) groups is 2. The van der Waals surface area contributed by atoms with Gasteiger partial charge in [-0.1, -0.05) is 42.4 Å². The molecule has 1 aliphatic rings. The summed E-state index contributed by atoms with van der Waals surface area (Å²) in [5.74, 6) is 0.176. The fraction of sp³-hybridized carbons (Fsp3) is 0.556. The van der Waals surface area contributed by atoms with E-state index in [9.17, 15) is 9.59 Å². The number of azide groups is 1. The zero-order valence-electron chi connectivity index (χ0n) is 15.0. The first-order valence-corrected chi connectivity index (χ1v) is 8.84. The summed E-state index contributed by atoms with van der Waals surface area (Å²) in [6.45, 7) is 3.67. The molecular weight excluding hydrogens is 334 g/mol. The molecule has 2 unspecified atom stereocenters. The summed E-state index contributed by atoms with van der Waals surface area (Å²) in [5.41, 5.74) is 9.31. The number of hydrogen-bond donors (Lipinski definition) is 1. The van der Waals surface area contributed by atoms with Crippen LogP contribution in [0.3, 0.4) is 0 Å². The zero-order valence-corrected chi connectivity index (χ0v) is 15.0. The van der Waals surface area contributed by atoms with E-state index in [1.165, 1.54) is 0 Å². The number of rotatable bonds is 7. The molecule has 2 amide bonds. The number of carbonyl (C=O) groups excluding carboxylic acids is 2. The Balaban J connectivity index is 1.76. The normalized spacial score (nSPS) is 18.4. The van der Waals surface area contributed by atoms with Crippen LogP contribution in [0.4, 0.5) is 4.79 Å². The number of benzene rings is 1. The third kappa shape index (κ3) is 6.64. The molecule has 2 rings (SSSR count). The van der Waals surface area contributed by atoms with Gasteiger partial charge in [0.25, 0.3) is 0 Å². The minimum absolute atomic E-state index is 0.0692. The minimum Gasteiger partial charge on any atom is -0.445 e. The van der Waals surface area contributed by atoms with Gasteiger partial charge in [0.15, 0.2) is 0 Å². The Morgan fingerprint density at radius 1 is 1.42 bits per heavy atom. The number of ether oxygens (including phenoxy) is 1. The molecule has 1 heterocycles. The lowest BCUT2D eigenvalue weighted by atomic mass is 10.1. The van der Waals surface area contributed by atoms with Crippen LogP contribution in [-0.2, 0) is 16.1 Å². The SMILES string of the molecule is CC(CN=[N+]=[N-])CN1CCC(NC(=O)OCc2ccccc2)CCC1=O. The largest absolute Gasteiger partial charge is 0.445 e. The van der Waals surface area contributed by atoms with Crippen LogP contribution in [0.1, 0.15) is 31.7 Å². The molecule has 1 fully saturated rings. The molecule has 1 saturated heterocycles. The molecule has 1 aliphatic heterocycles. The lowest BCUT2D eigenvalue weighted by molar-refractivity contribution is -0.131. The van der Waals surface area contributed by atoms with Crippen LogP contribution in [0, 0.1) is 5.92 Å². The first-order chi connectivity index (χ1) is 12.6. The summed E-state index contributed by atoms with van der Waals surface area (Å²) < 4.78 is 5.24. The molecule has 0 radical (unpaired) electrons. The Morgan fingerprint density at radius 3 is 2.92 bits per heavy atom. The van der Waals surface area contributed by atoms with Gasteiger partial charge in [0.2, 0.25) is 5.91 Å². The predicted molar refractivity (Wildman–Crippen MR) is 97.2 cm³/mol. The number of nitrogens with zero attached hydrogens (tertiary/aromatic N) is 4. The number of likely N-dealkylation sites (tertiary alicyclic amines) is 1. The van der Waals surface area contributed by atoms with Gasteiger partial charge in [0, 0.05) is 37.0 Å². The van der Waals surface area contributed by atoms with Crippen LogP contribution < -0.4 is 5.32 Å². The Labute approximate surface area is 153 Å². The van der Waals surface area contributed by atoms with Crippen molar-refractivity contribution in [3.63, 3.8) is 0 Å². The molecular formula is C18H25N5O3. The number of alkyl carbamates (subject to hydrolysis) is 1. The summed E-state index contributed by atoms with van der Waals surface area (Å²) in [6.07, 6.45) is 1.20. The maximum Gasteiger partial charge on any atom is 0.407 e. The van der Waals surface area contributed by atoms with E-state index in [1.807, 2.05) is 37.3 Å². The third-order valence-electron chi connectivity index (χ3n) is 4.33. The molecule has 0 bridgehead atoms. The van der Waals surface area contributed by atoms with E-state index in [2.05, 4.69) is 15.3 Å². The molecule has 1 N–H and O–H groups in total. The second-order valence-corrected chi connectivity index (χ2v) is 6.59. The highest BCUT2D eigenvalue weighted by Crippen LogP contribution is 2.14. The Morgan fingerprint density at radius 2 is 2.19 bits per heavy atom. The Hall–Kier alpha value is -2.73. The van der Waals surface area contributed by atoms with Crippen molar-refractivity contribution in [1.29, 1.82) is 0 Å². The molecule has 1 aromatic rings. The van der Waals surface area contributed by atoms with Gasteiger partial charge in [-0.2, -0.15) is 0 Å². The quantitative estimate of drug-likeness (QED) is 0.458.